The van der Waals surface area contributed by atoms with Crippen LogP contribution in [0.3, 0.4) is 0 Å². The lowest BCUT2D eigenvalue weighted by atomic mass is 10.3. The number of aryl methyl sites for hydroxylation is 1. The number of nitrogens with one attached hydrogen (secondary N) is 1. The van der Waals surface area contributed by atoms with Crippen LogP contribution < -0.4 is 5.73 Å². The molecule has 7 nitrogen and oxygen atoms in total. The third-order valence-corrected chi connectivity index (χ3v) is 1.94. The minimum atomic E-state index is -0.866. The molecule has 0 saturated heterocycles. The van der Waals surface area contributed by atoms with E-state index in [-0.39, 0.29) is 6.42 Å². The molecule has 2 aromatic rings. The zero-order valence-electron chi connectivity index (χ0n) is 7.77. The van der Waals surface area contributed by atoms with Crippen molar-refractivity contribution in [1.29, 1.82) is 0 Å². The summed E-state index contributed by atoms with van der Waals surface area (Å²) in [6.07, 6.45) is 1.66. The molecule has 0 aliphatic carbocycles. The Morgan fingerprint density at radius 2 is 2.33 bits per heavy atom. The molecule has 7 heteroatoms. The van der Waals surface area contributed by atoms with Gasteiger partial charge in [0, 0.05) is 6.42 Å². The smallest absolute Gasteiger partial charge is 0.303 e. The topological polar surface area (TPSA) is 118 Å². The molecule has 0 atom stereocenters. The van der Waals surface area contributed by atoms with Crippen molar-refractivity contribution in [3.8, 4) is 0 Å². The Bertz CT molecular complexity index is 507. The van der Waals surface area contributed by atoms with E-state index in [1.807, 2.05) is 0 Å². The monoisotopic (exact) mass is 207 g/mol. The average Bonchev–Trinajstić information content (AvgIpc) is 2.59. The van der Waals surface area contributed by atoms with Crippen LogP contribution in [-0.4, -0.2) is 31.0 Å². The van der Waals surface area contributed by atoms with Gasteiger partial charge in [-0.3, -0.25) is 4.79 Å². The molecule has 15 heavy (non-hydrogen) atoms. The van der Waals surface area contributed by atoms with Crippen molar-refractivity contribution in [3.05, 3.63) is 12.2 Å². The summed E-state index contributed by atoms with van der Waals surface area (Å²) >= 11 is 0. The second-order valence-electron chi connectivity index (χ2n) is 3.03. The average molecular weight is 207 g/mol. The number of nitrogens with zero attached hydrogens (tertiary/aromatic N) is 3. The number of rotatable bonds is 3. The quantitative estimate of drug-likeness (QED) is 0.649. The molecule has 0 amide bonds. The van der Waals surface area contributed by atoms with Gasteiger partial charge in [-0.2, -0.15) is 0 Å². The van der Waals surface area contributed by atoms with Crippen LogP contribution in [0, 0.1) is 0 Å². The molecule has 0 spiro atoms. The van der Waals surface area contributed by atoms with Crippen molar-refractivity contribution in [2.75, 3.05) is 5.73 Å². The van der Waals surface area contributed by atoms with Crippen LogP contribution in [0.2, 0.25) is 0 Å². The largest absolute Gasteiger partial charge is 0.481 e. The highest BCUT2D eigenvalue weighted by Gasteiger charge is 2.08. The van der Waals surface area contributed by atoms with Gasteiger partial charge < -0.3 is 15.8 Å². The summed E-state index contributed by atoms with van der Waals surface area (Å²) in [6, 6.07) is 0. The van der Waals surface area contributed by atoms with E-state index in [0.717, 1.165) is 0 Å². The number of nitrogen functional groups attached to an aromatic ring is 1. The van der Waals surface area contributed by atoms with E-state index in [4.69, 9.17) is 10.8 Å². The summed E-state index contributed by atoms with van der Waals surface area (Å²) < 4.78 is 0. The Morgan fingerprint density at radius 1 is 1.53 bits per heavy atom. The number of aliphatic carboxylic acids is 1. The molecule has 0 bridgehead atoms. The van der Waals surface area contributed by atoms with Gasteiger partial charge in [-0.1, -0.05) is 0 Å². The zero-order chi connectivity index (χ0) is 10.8. The summed E-state index contributed by atoms with van der Waals surface area (Å²) in [7, 11) is 0. The van der Waals surface area contributed by atoms with Gasteiger partial charge in [0.1, 0.15) is 17.7 Å². The van der Waals surface area contributed by atoms with Crippen molar-refractivity contribution >= 4 is 23.0 Å². The zero-order valence-corrected chi connectivity index (χ0v) is 7.77. The number of nitrogens with two attached hydrogens (primary N) is 1. The summed E-state index contributed by atoms with van der Waals surface area (Å²) in [4.78, 5) is 25.1. The molecule has 0 aromatic carbocycles. The van der Waals surface area contributed by atoms with E-state index < -0.39 is 5.97 Å². The fourth-order valence-corrected chi connectivity index (χ4v) is 1.24. The number of anilines is 1. The first-order valence-electron chi connectivity index (χ1n) is 4.33. The lowest BCUT2D eigenvalue weighted by molar-refractivity contribution is -0.137. The maximum Gasteiger partial charge on any atom is 0.303 e. The SMILES string of the molecule is Nc1ncnc2nc(CCC(=O)O)[nH]c12. The lowest BCUT2D eigenvalue weighted by Gasteiger charge is -1.91. The van der Waals surface area contributed by atoms with E-state index in [1.165, 1.54) is 6.33 Å². The maximum atomic E-state index is 10.4. The molecule has 0 fully saturated rings. The molecule has 0 unspecified atom stereocenters. The third kappa shape index (κ3) is 1.85. The Kier molecular flexibility index (Phi) is 2.20. The molecule has 2 rings (SSSR count). The van der Waals surface area contributed by atoms with Crippen molar-refractivity contribution in [3.63, 3.8) is 0 Å². The van der Waals surface area contributed by atoms with Gasteiger partial charge in [-0.15, -0.1) is 0 Å². The first-order chi connectivity index (χ1) is 7.16. The summed E-state index contributed by atoms with van der Waals surface area (Å²) in [5, 5.41) is 8.51. The Labute approximate surface area is 84.4 Å². The Morgan fingerprint density at radius 3 is 3.00 bits per heavy atom. The third-order valence-electron chi connectivity index (χ3n) is 1.94. The second kappa shape index (κ2) is 3.52. The molecular weight excluding hydrogens is 198 g/mol. The number of carbonyl (C=O) groups is 1. The number of aromatic nitrogens is 4. The van der Waals surface area contributed by atoms with Crippen molar-refractivity contribution in [1.82, 2.24) is 19.9 Å². The number of aromatic amines is 1. The summed E-state index contributed by atoms with van der Waals surface area (Å²) in [5.41, 5.74) is 6.60. The normalized spacial score (nSPS) is 10.7. The number of fused-ring (bicyclic) bond motifs is 1. The maximum absolute atomic E-state index is 10.4. The van der Waals surface area contributed by atoms with Crippen molar-refractivity contribution in [2.24, 2.45) is 0 Å². The molecule has 0 aliphatic rings. The van der Waals surface area contributed by atoms with Gasteiger partial charge in [-0.05, 0) is 0 Å². The lowest BCUT2D eigenvalue weighted by Crippen LogP contribution is -1.98. The van der Waals surface area contributed by atoms with Crippen LogP contribution in [0.1, 0.15) is 12.2 Å². The number of hydrogen-bond donors (Lipinski definition) is 3. The van der Waals surface area contributed by atoms with Gasteiger partial charge in [0.05, 0.1) is 6.42 Å². The Balaban J connectivity index is 2.31. The van der Waals surface area contributed by atoms with E-state index in [1.54, 1.807) is 0 Å². The highest BCUT2D eigenvalue weighted by Crippen LogP contribution is 2.13. The van der Waals surface area contributed by atoms with E-state index in [0.29, 0.717) is 29.2 Å². The molecule has 0 aliphatic heterocycles. The molecule has 2 aromatic heterocycles. The molecule has 2 heterocycles. The highest BCUT2D eigenvalue weighted by molar-refractivity contribution is 5.81. The van der Waals surface area contributed by atoms with Crippen molar-refractivity contribution in [2.45, 2.75) is 12.8 Å². The van der Waals surface area contributed by atoms with Gasteiger partial charge in [-0.25, -0.2) is 15.0 Å². The predicted molar refractivity (Wildman–Crippen MR) is 52.1 cm³/mol. The molecule has 0 saturated carbocycles. The standard InChI is InChI=1S/C8H9N5O2/c9-7-6-8(11-3-10-7)13-4(12-6)1-2-5(14)15/h3H,1-2H2,(H,14,15)(H3,9,10,11,12,13). The van der Waals surface area contributed by atoms with E-state index in [9.17, 15) is 4.79 Å². The highest BCUT2D eigenvalue weighted by atomic mass is 16.4. The number of hydrogen-bond acceptors (Lipinski definition) is 5. The minimum absolute atomic E-state index is 0.0210. The van der Waals surface area contributed by atoms with E-state index >= 15 is 0 Å². The molecule has 0 radical (unpaired) electrons. The molecule has 78 valence electrons. The van der Waals surface area contributed by atoms with Crippen LogP contribution >= 0.6 is 0 Å². The number of carboxylic acids is 1. The van der Waals surface area contributed by atoms with Crippen LogP contribution in [-0.2, 0) is 11.2 Å². The fraction of sp³-hybridized carbons (Fsp3) is 0.250. The Hall–Kier alpha value is -2.18. The van der Waals surface area contributed by atoms with Crippen LogP contribution in [0.15, 0.2) is 6.33 Å². The fourth-order valence-electron chi connectivity index (χ4n) is 1.24. The van der Waals surface area contributed by atoms with Gasteiger partial charge in [0.2, 0.25) is 0 Å². The van der Waals surface area contributed by atoms with E-state index in [2.05, 4.69) is 19.9 Å². The second-order valence-corrected chi connectivity index (χ2v) is 3.03. The van der Waals surface area contributed by atoms with Crippen LogP contribution in [0.25, 0.3) is 11.2 Å². The number of carboxylic acid groups (broad SMARTS) is 1. The number of imidazole rings is 1. The van der Waals surface area contributed by atoms with Gasteiger partial charge >= 0.3 is 5.97 Å². The minimum Gasteiger partial charge on any atom is -0.481 e. The predicted octanol–water partition coefficient (Wildman–Crippen LogP) is -0.0477. The summed E-state index contributed by atoms with van der Waals surface area (Å²) in [6.45, 7) is 0. The molecule has 4 N–H and O–H groups in total. The first kappa shape index (κ1) is 9.38. The van der Waals surface area contributed by atoms with Crippen molar-refractivity contribution < 1.29 is 9.90 Å². The van der Waals surface area contributed by atoms with Crippen LogP contribution in [0.4, 0.5) is 5.82 Å². The number of H-pyrrole nitrogens is 1. The molecular formula is C8H9N5O2. The summed E-state index contributed by atoms with van der Waals surface area (Å²) in [5.74, 6) is 0.00295. The van der Waals surface area contributed by atoms with Gasteiger partial charge in [0.15, 0.2) is 11.5 Å². The first-order valence-corrected chi connectivity index (χ1v) is 4.33. The van der Waals surface area contributed by atoms with Crippen LogP contribution in [0.5, 0.6) is 0 Å². The van der Waals surface area contributed by atoms with Gasteiger partial charge in [0.25, 0.3) is 0 Å².